The van der Waals surface area contributed by atoms with E-state index in [0.29, 0.717) is 24.7 Å². The van der Waals surface area contributed by atoms with Gasteiger partial charge in [-0.05, 0) is 61.4 Å². The first kappa shape index (κ1) is 18.3. The largest absolute Gasteiger partial charge is 0.494 e. The average Bonchev–Trinajstić information content (AvgIpc) is 2.56. The Hall–Kier alpha value is -2.05. The van der Waals surface area contributed by atoms with Crippen LogP contribution in [0.4, 0.5) is 0 Å². The lowest BCUT2D eigenvalue weighted by atomic mass is 10.2. The van der Waals surface area contributed by atoms with Crippen LogP contribution in [0.2, 0.25) is 0 Å². The number of hydrogen-bond donors (Lipinski definition) is 1. The molecule has 0 atom stereocenters. The molecular weight excluding hydrogens is 326 g/mol. The summed E-state index contributed by atoms with van der Waals surface area (Å²) in [6, 6.07) is 13.6. The molecule has 0 saturated heterocycles. The molecule has 0 saturated carbocycles. The van der Waals surface area contributed by atoms with Crippen LogP contribution < -0.4 is 14.2 Å². The third-order valence-corrected chi connectivity index (χ3v) is 4.63. The van der Waals surface area contributed by atoms with Crippen molar-refractivity contribution in [1.29, 1.82) is 0 Å². The van der Waals surface area contributed by atoms with E-state index >= 15 is 0 Å². The minimum atomic E-state index is -3.48. The van der Waals surface area contributed by atoms with E-state index in [1.807, 2.05) is 32.9 Å². The van der Waals surface area contributed by atoms with E-state index in [2.05, 4.69) is 4.72 Å². The van der Waals surface area contributed by atoms with Crippen molar-refractivity contribution in [3.05, 3.63) is 48.5 Å². The second-order valence-electron chi connectivity index (χ2n) is 5.72. The number of sulfonamides is 1. The predicted octanol–water partition coefficient (Wildman–Crippen LogP) is 3.81. The van der Waals surface area contributed by atoms with Gasteiger partial charge in [-0.3, -0.25) is 0 Å². The second kappa shape index (κ2) is 8.17. The van der Waals surface area contributed by atoms with E-state index in [-0.39, 0.29) is 10.8 Å². The molecule has 2 aromatic rings. The van der Waals surface area contributed by atoms with Gasteiger partial charge in [0.15, 0.2) is 0 Å². The smallest absolute Gasteiger partial charge is 0.240 e. The summed E-state index contributed by atoms with van der Waals surface area (Å²) in [7, 11) is -3.48. The number of benzene rings is 2. The first-order valence-electron chi connectivity index (χ1n) is 7.91. The first-order chi connectivity index (χ1) is 11.4. The Labute approximate surface area is 143 Å². The van der Waals surface area contributed by atoms with Gasteiger partial charge in [0.25, 0.3) is 0 Å². The third-order valence-electron chi connectivity index (χ3n) is 3.19. The molecule has 0 fully saturated rings. The SMILES string of the molecule is CCOc1ccc(Oc2ccc(S(=O)(=O)NCC(C)C)cc2)cc1. The fourth-order valence-electron chi connectivity index (χ4n) is 1.95. The zero-order valence-corrected chi connectivity index (χ0v) is 15.0. The van der Waals surface area contributed by atoms with Gasteiger partial charge in [0.1, 0.15) is 17.2 Å². The molecule has 0 radical (unpaired) electrons. The van der Waals surface area contributed by atoms with Crippen LogP contribution in [0.15, 0.2) is 53.4 Å². The van der Waals surface area contributed by atoms with Gasteiger partial charge in [-0.25, -0.2) is 13.1 Å². The van der Waals surface area contributed by atoms with Gasteiger partial charge in [-0.1, -0.05) is 13.8 Å². The third kappa shape index (κ3) is 5.25. The average molecular weight is 349 g/mol. The number of hydrogen-bond acceptors (Lipinski definition) is 4. The van der Waals surface area contributed by atoms with E-state index in [0.717, 1.165) is 5.75 Å². The highest BCUT2D eigenvalue weighted by atomic mass is 32.2. The lowest BCUT2D eigenvalue weighted by Crippen LogP contribution is -2.27. The molecular formula is C18H23NO4S. The Morgan fingerprint density at radius 2 is 1.42 bits per heavy atom. The van der Waals surface area contributed by atoms with Gasteiger partial charge in [0, 0.05) is 6.54 Å². The van der Waals surface area contributed by atoms with E-state index in [4.69, 9.17) is 9.47 Å². The van der Waals surface area contributed by atoms with Gasteiger partial charge in [0.05, 0.1) is 11.5 Å². The Bertz CT molecular complexity index is 738. The number of rotatable bonds is 8. The van der Waals surface area contributed by atoms with E-state index in [9.17, 15) is 8.42 Å². The molecule has 0 aromatic heterocycles. The molecule has 0 heterocycles. The first-order valence-corrected chi connectivity index (χ1v) is 9.39. The zero-order chi connectivity index (χ0) is 17.6. The highest BCUT2D eigenvalue weighted by Gasteiger charge is 2.14. The minimum absolute atomic E-state index is 0.224. The van der Waals surface area contributed by atoms with E-state index in [1.54, 1.807) is 24.3 Å². The molecule has 1 N–H and O–H groups in total. The van der Waals surface area contributed by atoms with Crippen molar-refractivity contribution in [2.75, 3.05) is 13.2 Å². The number of nitrogens with one attached hydrogen (secondary N) is 1. The summed E-state index contributed by atoms with van der Waals surface area (Å²) in [6.07, 6.45) is 0. The monoisotopic (exact) mass is 349 g/mol. The maximum absolute atomic E-state index is 12.1. The van der Waals surface area contributed by atoms with Gasteiger partial charge < -0.3 is 9.47 Å². The lowest BCUT2D eigenvalue weighted by Gasteiger charge is -2.10. The van der Waals surface area contributed by atoms with Crippen LogP contribution in [-0.2, 0) is 10.0 Å². The highest BCUT2D eigenvalue weighted by Crippen LogP contribution is 2.25. The summed E-state index contributed by atoms with van der Waals surface area (Å²) in [4.78, 5) is 0.224. The van der Waals surface area contributed by atoms with Crippen LogP contribution >= 0.6 is 0 Å². The summed E-state index contributed by atoms with van der Waals surface area (Å²) in [5.74, 6) is 2.26. The zero-order valence-electron chi connectivity index (χ0n) is 14.2. The molecule has 0 bridgehead atoms. The van der Waals surface area contributed by atoms with Crippen molar-refractivity contribution >= 4 is 10.0 Å². The maximum atomic E-state index is 12.1. The molecule has 0 amide bonds. The fraction of sp³-hybridized carbons (Fsp3) is 0.333. The van der Waals surface area contributed by atoms with Crippen molar-refractivity contribution in [2.45, 2.75) is 25.7 Å². The molecule has 2 rings (SSSR count). The lowest BCUT2D eigenvalue weighted by molar-refractivity contribution is 0.339. The van der Waals surface area contributed by atoms with Crippen molar-refractivity contribution in [3.63, 3.8) is 0 Å². The summed E-state index contributed by atoms with van der Waals surface area (Å²) >= 11 is 0. The molecule has 2 aromatic carbocycles. The predicted molar refractivity (Wildman–Crippen MR) is 94.2 cm³/mol. The summed E-state index contributed by atoms with van der Waals surface area (Å²) in [5, 5.41) is 0. The van der Waals surface area contributed by atoms with Crippen molar-refractivity contribution < 1.29 is 17.9 Å². The van der Waals surface area contributed by atoms with Crippen molar-refractivity contribution in [2.24, 2.45) is 5.92 Å². The molecule has 0 aliphatic carbocycles. The summed E-state index contributed by atoms with van der Waals surface area (Å²) < 4.78 is 37.9. The Morgan fingerprint density at radius 3 is 1.92 bits per heavy atom. The van der Waals surface area contributed by atoms with Crippen LogP contribution in [0.5, 0.6) is 17.2 Å². The molecule has 0 spiro atoms. The summed E-state index contributed by atoms with van der Waals surface area (Å²) in [5.41, 5.74) is 0. The summed E-state index contributed by atoms with van der Waals surface area (Å²) in [6.45, 7) is 6.86. The Balaban J connectivity index is 2.03. The molecule has 5 nitrogen and oxygen atoms in total. The van der Waals surface area contributed by atoms with Crippen LogP contribution in [0, 0.1) is 5.92 Å². The Kier molecular flexibility index (Phi) is 6.23. The molecule has 0 aliphatic heterocycles. The van der Waals surface area contributed by atoms with Crippen molar-refractivity contribution in [3.8, 4) is 17.2 Å². The number of ether oxygens (including phenoxy) is 2. The van der Waals surface area contributed by atoms with Crippen LogP contribution in [0.1, 0.15) is 20.8 Å². The molecule has 6 heteroatoms. The van der Waals surface area contributed by atoms with Crippen LogP contribution in [-0.4, -0.2) is 21.6 Å². The van der Waals surface area contributed by atoms with E-state index in [1.165, 1.54) is 12.1 Å². The Morgan fingerprint density at radius 1 is 0.917 bits per heavy atom. The van der Waals surface area contributed by atoms with E-state index < -0.39 is 10.0 Å². The van der Waals surface area contributed by atoms with Gasteiger partial charge in [0.2, 0.25) is 10.0 Å². The molecule has 24 heavy (non-hydrogen) atoms. The minimum Gasteiger partial charge on any atom is -0.494 e. The molecule has 130 valence electrons. The van der Waals surface area contributed by atoms with Gasteiger partial charge >= 0.3 is 0 Å². The van der Waals surface area contributed by atoms with Gasteiger partial charge in [-0.15, -0.1) is 0 Å². The van der Waals surface area contributed by atoms with Crippen molar-refractivity contribution in [1.82, 2.24) is 4.72 Å². The molecule has 0 unspecified atom stereocenters. The topological polar surface area (TPSA) is 64.6 Å². The highest BCUT2D eigenvalue weighted by molar-refractivity contribution is 7.89. The standard InChI is InChI=1S/C18H23NO4S/c1-4-22-15-5-7-16(8-6-15)23-17-9-11-18(12-10-17)24(20,21)19-13-14(2)3/h5-12,14,19H,4,13H2,1-3H3. The second-order valence-corrected chi connectivity index (χ2v) is 7.49. The molecule has 0 aliphatic rings. The normalized spacial score (nSPS) is 11.5. The van der Waals surface area contributed by atoms with Crippen LogP contribution in [0.3, 0.4) is 0 Å². The quantitative estimate of drug-likeness (QED) is 0.787. The van der Waals surface area contributed by atoms with Gasteiger partial charge in [-0.2, -0.15) is 0 Å². The maximum Gasteiger partial charge on any atom is 0.240 e. The van der Waals surface area contributed by atoms with Crippen LogP contribution in [0.25, 0.3) is 0 Å². The fourth-order valence-corrected chi connectivity index (χ4v) is 3.17.